The van der Waals surface area contributed by atoms with E-state index >= 15 is 0 Å². The number of amides is 1. The van der Waals surface area contributed by atoms with E-state index in [-0.39, 0.29) is 41.5 Å². The first-order valence-electron chi connectivity index (χ1n) is 10.7. The largest absolute Gasteiger partial charge is 0.337 e. The van der Waals surface area contributed by atoms with Crippen LogP contribution in [0.5, 0.6) is 0 Å². The van der Waals surface area contributed by atoms with Gasteiger partial charge in [-0.05, 0) is 24.8 Å². The van der Waals surface area contributed by atoms with Crippen molar-refractivity contribution in [2.45, 2.75) is 39.8 Å². The van der Waals surface area contributed by atoms with Crippen molar-refractivity contribution in [3.8, 4) is 11.1 Å². The van der Waals surface area contributed by atoms with Gasteiger partial charge >= 0.3 is 0 Å². The maximum atomic E-state index is 13.4. The molecule has 0 saturated carbocycles. The number of hydrogen-bond donors (Lipinski definition) is 0. The van der Waals surface area contributed by atoms with Gasteiger partial charge in [0.1, 0.15) is 11.4 Å². The smallest absolute Gasteiger partial charge is 0.263 e. The molecule has 0 aliphatic carbocycles. The predicted octanol–water partition coefficient (Wildman–Crippen LogP) is 3.11. The molecule has 1 aliphatic heterocycles. The van der Waals surface area contributed by atoms with Gasteiger partial charge in [-0.25, -0.2) is 13.4 Å². The summed E-state index contributed by atoms with van der Waals surface area (Å²) in [5.41, 5.74) is 1.54. The Bertz CT molecular complexity index is 1310. The van der Waals surface area contributed by atoms with Crippen LogP contribution in [0.3, 0.4) is 0 Å². The Balaban J connectivity index is 1.70. The molecule has 2 aromatic heterocycles. The van der Waals surface area contributed by atoms with Gasteiger partial charge in [-0.15, -0.1) is 11.3 Å². The van der Waals surface area contributed by atoms with Crippen LogP contribution in [0.4, 0.5) is 0 Å². The Hall–Kier alpha value is -2.52. The highest BCUT2D eigenvalue weighted by Crippen LogP contribution is 2.35. The minimum Gasteiger partial charge on any atom is -0.337 e. The number of carbonyl (C=O) groups is 1. The topological polar surface area (TPSA) is 89.3 Å². The normalized spacial score (nSPS) is 17.8. The maximum absolute atomic E-state index is 13.4. The number of fused-ring (bicyclic) bond motifs is 1. The van der Waals surface area contributed by atoms with Crippen molar-refractivity contribution >= 4 is 37.3 Å². The molecule has 0 radical (unpaired) electrons. The van der Waals surface area contributed by atoms with Gasteiger partial charge in [-0.3, -0.25) is 14.2 Å². The first-order valence-corrected chi connectivity index (χ1v) is 13.3. The Morgan fingerprint density at radius 1 is 1.28 bits per heavy atom. The molecule has 170 valence electrons. The second-order valence-corrected chi connectivity index (χ2v) is 12.2. The Morgan fingerprint density at radius 3 is 2.62 bits per heavy atom. The molecule has 3 heterocycles. The fourth-order valence-electron chi connectivity index (χ4n) is 4.31. The van der Waals surface area contributed by atoms with E-state index in [0.29, 0.717) is 23.2 Å². The molecule has 1 amide bonds. The van der Waals surface area contributed by atoms with Crippen molar-refractivity contribution in [3.63, 3.8) is 0 Å². The van der Waals surface area contributed by atoms with Crippen LogP contribution in [0.1, 0.15) is 25.1 Å². The summed E-state index contributed by atoms with van der Waals surface area (Å²) in [6.45, 7) is 6.24. The molecule has 1 saturated heterocycles. The second kappa shape index (κ2) is 8.78. The van der Waals surface area contributed by atoms with Crippen molar-refractivity contribution in [2.24, 2.45) is 5.92 Å². The highest BCUT2D eigenvalue weighted by atomic mass is 32.2. The van der Waals surface area contributed by atoms with Gasteiger partial charge in [-0.2, -0.15) is 0 Å². The summed E-state index contributed by atoms with van der Waals surface area (Å²) < 4.78 is 25.3. The fraction of sp³-hybridized carbons (Fsp3) is 0.435. The number of hydrogen-bond acceptors (Lipinski definition) is 6. The van der Waals surface area contributed by atoms with Crippen molar-refractivity contribution in [1.29, 1.82) is 0 Å². The average molecular weight is 474 g/mol. The summed E-state index contributed by atoms with van der Waals surface area (Å²) in [6.07, 6.45) is 1.86. The Labute approximate surface area is 191 Å². The summed E-state index contributed by atoms with van der Waals surface area (Å²) in [7, 11) is -3.13. The molecule has 0 spiro atoms. The van der Waals surface area contributed by atoms with Crippen LogP contribution in [0, 0.1) is 12.8 Å². The number of aryl methyl sites for hydroxylation is 1. The molecule has 3 aromatic rings. The van der Waals surface area contributed by atoms with E-state index in [1.54, 1.807) is 4.90 Å². The van der Waals surface area contributed by atoms with Crippen LogP contribution in [-0.4, -0.2) is 52.9 Å². The third kappa shape index (κ3) is 4.49. The summed E-state index contributed by atoms with van der Waals surface area (Å²) in [4.78, 5) is 34.4. The molecule has 0 N–H and O–H groups in total. The highest BCUT2D eigenvalue weighted by Gasteiger charge is 2.35. The summed E-state index contributed by atoms with van der Waals surface area (Å²) in [5.74, 6) is 0.0160. The van der Waals surface area contributed by atoms with Crippen LogP contribution in [0.25, 0.3) is 21.3 Å². The number of thiophene rings is 1. The molecule has 9 heteroatoms. The fourth-order valence-corrected chi connectivity index (χ4v) is 7.04. The van der Waals surface area contributed by atoms with Gasteiger partial charge in [0.25, 0.3) is 5.56 Å². The SMILES string of the molecule is Cc1sc2ncn(CC(=O)N(CC(C)C)C3CCS(=O)(=O)C3)c(=O)c2c1-c1ccccc1. The van der Waals surface area contributed by atoms with Crippen molar-refractivity contribution in [2.75, 3.05) is 18.1 Å². The molecule has 7 nitrogen and oxygen atoms in total. The van der Waals surface area contributed by atoms with Crippen LogP contribution in [0.15, 0.2) is 41.5 Å². The zero-order valence-electron chi connectivity index (χ0n) is 18.4. The molecule has 1 unspecified atom stereocenters. The highest BCUT2D eigenvalue weighted by molar-refractivity contribution is 7.91. The quantitative estimate of drug-likeness (QED) is 0.549. The number of sulfone groups is 1. The van der Waals surface area contributed by atoms with E-state index in [9.17, 15) is 18.0 Å². The van der Waals surface area contributed by atoms with Crippen molar-refractivity contribution in [3.05, 3.63) is 51.9 Å². The van der Waals surface area contributed by atoms with E-state index in [4.69, 9.17) is 0 Å². The molecule has 1 atom stereocenters. The lowest BCUT2D eigenvalue weighted by Gasteiger charge is -2.30. The van der Waals surface area contributed by atoms with Gasteiger partial charge in [0.2, 0.25) is 5.91 Å². The Morgan fingerprint density at radius 2 is 2.00 bits per heavy atom. The lowest BCUT2D eigenvalue weighted by Crippen LogP contribution is -2.45. The minimum absolute atomic E-state index is 0.0144. The summed E-state index contributed by atoms with van der Waals surface area (Å²) in [5, 5.41) is 0.521. The molecule has 4 rings (SSSR count). The van der Waals surface area contributed by atoms with Crippen molar-refractivity contribution in [1.82, 2.24) is 14.5 Å². The van der Waals surface area contributed by atoms with Gasteiger partial charge in [0.15, 0.2) is 9.84 Å². The summed E-state index contributed by atoms with van der Waals surface area (Å²) in [6, 6.07) is 9.36. The van der Waals surface area contributed by atoms with Gasteiger partial charge < -0.3 is 4.90 Å². The average Bonchev–Trinajstić information content (AvgIpc) is 3.27. The maximum Gasteiger partial charge on any atom is 0.263 e. The molecule has 1 aliphatic rings. The third-order valence-corrected chi connectivity index (χ3v) is 8.52. The number of benzene rings is 1. The van der Waals surface area contributed by atoms with E-state index in [0.717, 1.165) is 16.0 Å². The van der Waals surface area contributed by atoms with Crippen LogP contribution < -0.4 is 5.56 Å². The van der Waals surface area contributed by atoms with E-state index in [2.05, 4.69) is 4.98 Å². The monoisotopic (exact) mass is 473 g/mol. The van der Waals surface area contributed by atoms with E-state index in [1.165, 1.54) is 22.2 Å². The zero-order valence-corrected chi connectivity index (χ0v) is 20.1. The Kier molecular flexibility index (Phi) is 6.22. The number of rotatable bonds is 6. The first kappa shape index (κ1) is 22.7. The van der Waals surface area contributed by atoms with E-state index in [1.807, 2.05) is 51.1 Å². The van der Waals surface area contributed by atoms with E-state index < -0.39 is 9.84 Å². The van der Waals surface area contributed by atoms with Crippen LogP contribution in [0.2, 0.25) is 0 Å². The van der Waals surface area contributed by atoms with Gasteiger partial charge in [-0.1, -0.05) is 44.2 Å². The van der Waals surface area contributed by atoms with Gasteiger partial charge in [0, 0.05) is 23.0 Å². The molecule has 32 heavy (non-hydrogen) atoms. The number of nitrogens with zero attached hydrogens (tertiary/aromatic N) is 3. The first-order chi connectivity index (χ1) is 15.2. The lowest BCUT2D eigenvalue weighted by molar-refractivity contribution is -0.134. The molecule has 1 aromatic carbocycles. The van der Waals surface area contributed by atoms with Gasteiger partial charge in [0.05, 0.1) is 23.2 Å². The number of aromatic nitrogens is 2. The molecule has 1 fully saturated rings. The summed E-state index contributed by atoms with van der Waals surface area (Å²) >= 11 is 1.46. The van der Waals surface area contributed by atoms with Crippen molar-refractivity contribution < 1.29 is 13.2 Å². The molecule has 0 bridgehead atoms. The third-order valence-electron chi connectivity index (χ3n) is 5.75. The standard InChI is InChI=1S/C23H27N3O4S2/c1-15(2)11-26(18-9-10-32(29,30)13-18)19(27)12-25-14-24-22-21(23(25)28)20(16(3)31-22)17-7-5-4-6-8-17/h4-8,14-15,18H,9-13H2,1-3H3. The van der Waals surface area contributed by atoms with Crippen LogP contribution in [-0.2, 0) is 21.2 Å². The molecular weight excluding hydrogens is 446 g/mol. The second-order valence-electron chi connectivity index (χ2n) is 8.75. The zero-order chi connectivity index (χ0) is 23.0. The predicted molar refractivity (Wildman–Crippen MR) is 128 cm³/mol. The van der Waals surface area contributed by atoms with Crippen LogP contribution >= 0.6 is 11.3 Å². The minimum atomic E-state index is -3.13. The number of carbonyl (C=O) groups excluding carboxylic acids is 1. The lowest BCUT2D eigenvalue weighted by atomic mass is 10.0. The molecular formula is C23H27N3O4S2.